The average molecular weight is 789 g/mol. The number of hydrogen-bond acceptors (Lipinski definition) is 8. The maximum absolute atomic E-state index is 15.0. The number of sulfone groups is 1. The summed E-state index contributed by atoms with van der Waals surface area (Å²) in [5.74, 6) is 2.94. The second-order valence-electron chi connectivity index (χ2n) is 10.1. The molecule has 47 heavy (non-hydrogen) atoms. The summed E-state index contributed by atoms with van der Waals surface area (Å²) < 4.78 is 64.9. The summed E-state index contributed by atoms with van der Waals surface area (Å²) in [5.41, 5.74) is 2.28. The van der Waals surface area contributed by atoms with Crippen LogP contribution in [0.5, 0.6) is 34.5 Å². The summed E-state index contributed by atoms with van der Waals surface area (Å²) in [7, 11) is 5.17. The molecule has 4 aromatic rings. The first kappa shape index (κ1) is 35.9. The zero-order chi connectivity index (χ0) is 34.1. The van der Waals surface area contributed by atoms with Crippen molar-refractivity contribution in [3.63, 3.8) is 0 Å². The fraction of sp³-hybridized carbons (Fsp3) is 0.222. The molecule has 0 fully saturated rings. The maximum atomic E-state index is 15.0. The second kappa shape index (κ2) is 16.3. The van der Waals surface area contributed by atoms with Crippen LogP contribution in [0.4, 0.5) is 0 Å². The number of ether oxygens (including phenoxy) is 6. The molecule has 0 aliphatic carbocycles. The molecule has 0 amide bonds. The SMILES string of the molecule is COc1cc(OC)c(C=CC(c2ccc(Br)cc2)S(=O)(=O)C(C=Cc2c(OC)cc(OC)cc2OC)c2ccc(Br)cc2)c(OC)c1. The van der Waals surface area contributed by atoms with Gasteiger partial charge in [-0.05, 0) is 47.5 Å². The van der Waals surface area contributed by atoms with Crippen molar-refractivity contribution in [1.29, 1.82) is 0 Å². The molecule has 0 spiro atoms. The molecule has 0 aromatic heterocycles. The van der Waals surface area contributed by atoms with Gasteiger partial charge in [0.15, 0.2) is 9.84 Å². The number of hydrogen-bond donors (Lipinski definition) is 0. The van der Waals surface area contributed by atoms with Gasteiger partial charge in [-0.2, -0.15) is 0 Å². The molecule has 0 heterocycles. The van der Waals surface area contributed by atoms with Crippen LogP contribution in [0.2, 0.25) is 0 Å². The van der Waals surface area contributed by atoms with E-state index in [4.69, 9.17) is 28.4 Å². The molecule has 4 rings (SSSR count). The van der Waals surface area contributed by atoms with Crippen LogP contribution in [0.3, 0.4) is 0 Å². The fourth-order valence-electron chi connectivity index (χ4n) is 5.04. The Balaban J connectivity index is 1.93. The van der Waals surface area contributed by atoms with Crippen molar-refractivity contribution in [2.75, 3.05) is 42.7 Å². The van der Waals surface area contributed by atoms with Gasteiger partial charge >= 0.3 is 0 Å². The smallest absolute Gasteiger partial charge is 0.171 e. The lowest BCUT2D eigenvalue weighted by Crippen LogP contribution is -2.19. The number of benzene rings is 4. The lowest BCUT2D eigenvalue weighted by Gasteiger charge is -2.22. The third-order valence-electron chi connectivity index (χ3n) is 7.49. The molecule has 0 aliphatic rings. The van der Waals surface area contributed by atoms with Crippen molar-refractivity contribution in [3.8, 4) is 34.5 Å². The largest absolute Gasteiger partial charge is 0.496 e. The topological polar surface area (TPSA) is 89.5 Å². The number of methoxy groups -OCH3 is 6. The van der Waals surface area contributed by atoms with E-state index >= 15 is 0 Å². The summed E-state index contributed by atoms with van der Waals surface area (Å²) in [6.45, 7) is 0. The van der Waals surface area contributed by atoms with E-state index < -0.39 is 20.3 Å². The Bertz CT molecular complexity index is 1660. The molecule has 0 saturated carbocycles. The van der Waals surface area contributed by atoms with E-state index in [1.807, 2.05) is 24.3 Å². The first-order valence-electron chi connectivity index (χ1n) is 14.3. The van der Waals surface area contributed by atoms with E-state index in [2.05, 4.69) is 31.9 Å². The highest BCUT2D eigenvalue weighted by atomic mass is 79.9. The zero-order valence-corrected chi connectivity index (χ0v) is 30.8. The average Bonchev–Trinajstić information content (AvgIpc) is 3.09. The van der Waals surface area contributed by atoms with Crippen LogP contribution >= 0.6 is 31.9 Å². The summed E-state index contributed by atoms with van der Waals surface area (Å²) in [6.07, 6.45) is 6.72. The minimum atomic E-state index is -4.06. The van der Waals surface area contributed by atoms with Crippen molar-refractivity contribution in [2.24, 2.45) is 0 Å². The van der Waals surface area contributed by atoms with Gasteiger partial charge in [-0.25, -0.2) is 8.42 Å². The molecule has 0 radical (unpaired) electrons. The Hall–Kier alpha value is -3.93. The van der Waals surface area contributed by atoms with E-state index in [0.29, 0.717) is 56.8 Å². The lowest BCUT2D eigenvalue weighted by molar-refractivity contribution is 0.374. The molecule has 0 saturated heterocycles. The number of rotatable bonds is 14. The van der Waals surface area contributed by atoms with Gasteiger partial charge in [-0.1, -0.05) is 68.3 Å². The van der Waals surface area contributed by atoms with E-state index in [-0.39, 0.29) is 0 Å². The molecule has 248 valence electrons. The van der Waals surface area contributed by atoms with Crippen molar-refractivity contribution in [2.45, 2.75) is 10.5 Å². The maximum Gasteiger partial charge on any atom is 0.171 e. The van der Waals surface area contributed by atoms with Gasteiger partial charge in [0.05, 0.1) is 53.8 Å². The summed E-state index contributed by atoms with van der Waals surface area (Å²) >= 11 is 6.94. The number of halogens is 2. The summed E-state index contributed by atoms with van der Waals surface area (Å²) in [5, 5.41) is -2.16. The first-order chi connectivity index (χ1) is 22.6. The van der Waals surface area contributed by atoms with Gasteiger partial charge in [0, 0.05) is 33.2 Å². The highest BCUT2D eigenvalue weighted by Crippen LogP contribution is 2.42. The Morgan fingerprint density at radius 3 is 1.06 bits per heavy atom. The Morgan fingerprint density at radius 1 is 0.511 bits per heavy atom. The van der Waals surface area contributed by atoms with E-state index in [9.17, 15) is 8.42 Å². The molecule has 8 nitrogen and oxygen atoms in total. The van der Waals surface area contributed by atoms with Gasteiger partial charge in [-0.15, -0.1) is 0 Å². The van der Waals surface area contributed by atoms with Crippen LogP contribution in [0, 0.1) is 0 Å². The second-order valence-corrected chi connectivity index (χ2v) is 14.2. The lowest BCUT2D eigenvalue weighted by atomic mass is 10.1. The molecule has 4 aromatic carbocycles. The van der Waals surface area contributed by atoms with E-state index in [0.717, 1.165) is 8.95 Å². The molecule has 0 N–H and O–H groups in total. The van der Waals surface area contributed by atoms with Crippen LogP contribution < -0.4 is 28.4 Å². The van der Waals surface area contributed by atoms with Crippen molar-refractivity contribution in [1.82, 2.24) is 0 Å². The molecular weight excluding hydrogens is 752 g/mol. The van der Waals surface area contributed by atoms with E-state index in [1.54, 1.807) is 87.1 Å². The van der Waals surface area contributed by atoms with Crippen molar-refractivity contribution in [3.05, 3.63) is 116 Å². The van der Waals surface area contributed by atoms with Gasteiger partial charge in [-0.3, -0.25) is 0 Å². The molecule has 2 atom stereocenters. The quantitative estimate of drug-likeness (QED) is 0.125. The highest BCUT2D eigenvalue weighted by Gasteiger charge is 2.34. The molecule has 11 heteroatoms. The van der Waals surface area contributed by atoms with Crippen LogP contribution in [0.25, 0.3) is 12.2 Å². The molecule has 0 aliphatic heterocycles. The van der Waals surface area contributed by atoms with E-state index in [1.165, 1.54) is 28.4 Å². The normalized spacial score (nSPS) is 12.9. The first-order valence-corrected chi connectivity index (χ1v) is 17.5. The molecule has 2 unspecified atom stereocenters. The van der Waals surface area contributed by atoms with Crippen molar-refractivity contribution < 1.29 is 36.8 Å². The van der Waals surface area contributed by atoms with Gasteiger partial charge in [0.1, 0.15) is 45.0 Å². The zero-order valence-electron chi connectivity index (χ0n) is 26.8. The van der Waals surface area contributed by atoms with Gasteiger partial charge in [0.25, 0.3) is 0 Å². The van der Waals surface area contributed by atoms with Crippen LogP contribution in [-0.2, 0) is 9.84 Å². The minimum absolute atomic E-state index is 0.465. The fourth-order valence-corrected chi connectivity index (χ4v) is 7.56. The van der Waals surface area contributed by atoms with Crippen molar-refractivity contribution >= 4 is 53.8 Å². The van der Waals surface area contributed by atoms with Gasteiger partial charge in [0.2, 0.25) is 0 Å². The van der Waals surface area contributed by atoms with Gasteiger partial charge < -0.3 is 28.4 Å². The molecular formula is C36H36Br2O8S. The monoisotopic (exact) mass is 786 g/mol. The minimum Gasteiger partial charge on any atom is -0.496 e. The Kier molecular flexibility index (Phi) is 12.4. The summed E-state index contributed by atoms with van der Waals surface area (Å²) in [6, 6.07) is 21.3. The highest BCUT2D eigenvalue weighted by molar-refractivity contribution is 9.10. The van der Waals surface area contributed by atoms with Crippen LogP contribution in [0.15, 0.2) is 93.9 Å². The standard InChI is InChI=1S/C36H36Br2O8S/c1-41-27-19-31(43-3)29(32(20-27)44-4)15-17-35(23-7-11-25(37)12-8-23)47(39,40)36(24-9-13-26(38)14-10-24)18-16-30-33(45-5)21-28(42-2)22-34(30)46-6/h7-22,35-36H,1-6H3. The summed E-state index contributed by atoms with van der Waals surface area (Å²) in [4.78, 5) is 0. The third kappa shape index (κ3) is 8.33. The van der Waals surface area contributed by atoms with Crippen LogP contribution in [-0.4, -0.2) is 51.1 Å². The molecule has 0 bridgehead atoms. The van der Waals surface area contributed by atoms with Crippen LogP contribution in [0.1, 0.15) is 32.8 Å². The Labute approximate surface area is 293 Å². The Morgan fingerprint density at radius 2 is 0.809 bits per heavy atom. The predicted molar refractivity (Wildman–Crippen MR) is 193 cm³/mol. The predicted octanol–water partition coefficient (Wildman–Crippen LogP) is 8.89. The third-order valence-corrected chi connectivity index (χ3v) is 10.8.